The molecule has 0 spiro atoms. The molecule has 2 heteroatoms. The third-order valence-electron chi connectivity index (χ3n) is 0.249. The van der Waals surface area contributed by atoms with Gasteiger partial charge in [0.05, 0.1) is 6.72 Å². The molecule has 1 N–H and O–H groups in total. The second-order valence-corrected chi connectivity index (χ2v) is 0.641. The number of rotatable bonds is 2. The zero-order valence-electron chi connectivity index (χ0n) is 3.23. The molecule has 0 aliphatic rings. The van der Waals surface area contributed by atoms with Gasteiger partial charge in [-0.3, -0.25) is 0 Å². The maximum absolute atomic E-state index is 4.65. The zero-order chi connectivity index (χ0) is 4.12. The van der Waals surface area contributed by atoms with Gasteiger partial charge in [-0.05, 0) is 6.92 Å². The molecule has 0 aliphatic heterocycles. The molecule has 5 heavy (non-hydrogen) atoms. The summed E-state index contributed by atoms with van der Waals surface area (Å²) in [7, 11) is 0. The van der Waals surface area contributed by atoms with Crippen LogP contribution in [0.25, 0.3) is 0 Å². The van der Waals surface area contributed by atoms with E-state index in [1.54, 1.807) is 0 Å². The molecule has 0 rings (SSSR count). The Kier molecular flexibility index (Phi) is 3.10. The normalized spacial score (nSPS) is 6.60. The van der Waals surface area contributed by atoms with Gasteiger partial charge in [0, 0.05) is 6.54 Å². The van der Waals surface area contributed by atoms with Gasteiger partial charge in [-0.1, -0.05) is 0 Å². The van der Waals surface area contributed by atoms with Crippen LogP contribution in [-0.2, 0) is 0 Å². The Balaban J connectivity index is 2.40. The zero-order valence-corrected chi connectivity index (χ0v) is 3.23. The summed E-state index contributed by atoms with van der Waals surface area (Å²) >= 11 is 0. The van der Waals surface area contributed by atoms with Gasteiger partial charge < -0.3 is 5.43 Å². The summed E-state index contributed by atoms with van der Waals surface area (Å²) in [5, 5.41) is 3.10. The summed E-state index contributed by atoms with van der Waals surface area (Å²) in [4.78, 5) is 0. The van der Waals surface area contributed by atoms with Crippen molar-refractivity contribution in [2.45, 2.75) is 6.92 Å². The van der Waals surface area contributed by atoms with Gasteiger partial charge in [0.1, 0.15) is 0 Å². The smallest absolute Gasteiger partial charge is 0.0668 e. The van der Waals surface area contributed by atoms with Crippen LogP contribution in [0.1, 0.15) is 6.92 Å². The lowest BCUT2D eigenvalue weighted by atomic mass is 10.8. The molecule has 0 amide bonds. The minimum absolute atomic E-state index is 0.802. The first kappa shape index (κ1) is 4.47. The van der Waals surface area contributed by atoms with Gasteiger partial charge in [0.25, 0.3) is 0 Å². The van der Waals surface area contributed by atoms with E-state index in [9.17, 15) is 0 Å². The Labute approximate surface area is 31.9 Å². The Morgan fingerprint density at radius 3 is 2.60 bits per heavy atom. The molecule has 1 radical (unpaired) electrons. The predicted molar refractivity (Wildman–Crippen MR) is 22.2 cm³/mol. The van der Waals surface area contributed by atoms with E-state index in [4.69, 9.17) is 0 Å². The summed E-state index contributed by atoms with van der Waals surface area (Å²) in [6.07, 6.45) is 0. The minimum atomic E-state index is 0.802. The first-order chi connectivity index (χ1) is 2.41. The first-order valence-corrected chi connectivity index (χ1v) is 1.54. The molecule has 0 heterocycles. The van der Waals surface area contributed by atoms with Crippen molar-refractivity contribution in [1.29, 1.82) is 0 Å². The lowest BCUT2D eigenvalue weighted by Crippen LogP contribution is -1.99. The van der Waals surface area contributed by atoms with Gasteiger partial charge in [0.2, 0.25) is 0 Å². The topological polar surface area (TPSA) is 24.4 Å². The quantitative estimate of drug-likeness (QED) is 0.362. The Morgan fingerprint density at radius 2 is 2.60 bits per heavy atom. The van der Waals surface area contributed by atoms with Crippen LogP contribution in [0.3, 0.4) is 0 Å². The molecule has 0 aromatic heterocycles. The second kappa shape index (κ2) is 3.47. The monoisotopic (exact) mass is 71.1 g/mol. The highest BCUT2D eigenvalue weighted by Gasteiger charge is 1.54. The van der Waals surface area contributed by atoms with Crippen LogP contribution < -0.4 is 5.43 Å². The third kappa shape index (κ3) is 3.47. The summed E-state index contributed by atoms with van der Waals surface area (Å²) in [5.74, 6) is 0. The van der Waals surface area contributed by atoms with E-state index in [0.717, 1.165) is 6.54 Å². The van der Waals surface area contributed by atoms with Crippen molar-refractivity contribution in [2.24, 2.45) is 5.10 Å². The number of hydrogen-bond donors (Lipinski definition) is 1. The summed E-state index contributed by atoms with van der Waals surface area (Å²) in [6, 6.07) is 0. The molecule has 0 aromatic carbocycles. The lowest BCUT2D eigenvalue weighted by Gasteiger charge is -1.82. The van der Waals surface area contributed by atoms with E-state index < -0.39 is 0 Å². The van der Waals surface area contributed by atoms with Crippen molar-refractivity contribution in [3.05, 3.63) is 0 Å². The van der Waals surface area contributed by atoms with E-state index >= 15 is 0 Å². The molecule has 0 atom stereocenters. The minimum Gasteiger partial charge on any atom is -0.310 e. The van der Waals surface area contributed by atoms with E-state index in [-0.39, 0.29) is 0 Å². The van der Waals surface area contributed by atoms with E-state index in [2.05, 4.69) is 17.2 Å². The molecule has 0 bridgehead atoms. The largest absolute Gasteiger partial charge is 0.310 e. The fraction of sp³-hybridized carbons (Fsp3) is 0.667. The van der Waals surface area contributed by atoms with E-state index in [1.807, 2.05) is 6.92 Å². The number of hydrogen-bond acceptors (Lipinski definition) is 2. The Hall–Kier alpha value is -0.530. The Bertz CT molecular complexity index is 26.1. The van der Waals surface area contributed by atoms with Gasteiger partial charge in [-0.25, -0.2) is 0 Å². The third-order valence-corrected chi connectivity index (χ3v) is 0.249. The molecule has 0 aromatic rings. The predicted octanol–water partition coefficient (Wildman–Crippen LogP) is 0.0885. The summed E-state index contributed by atoms with van der Waals surface area (Å²) in [6.45, 7) is 7.38. The van der Waals surface area contributed by atoms with Gasteiger partial charge >= 0.3 is 0 Å². The van der Waals surface area contributed by atoms with Gasteiger partial charge in [-0.15, -0.1) is 0 Å². The highest BCUT2D eigenvalue weighted by Crippen LogP contribution is 1.45. The van der Waals surface area contributed by atoms with Crippen LogP contribution in [0.5, 0.6) is 0 Å². The van der Waals surface area contributed by atoms with Crippen molar-refractivity contribution in [1.82, 2.24) is 5.43 Å². The highest BCUT2D eigenvalue weighted by atomic mass is 15.3. The van der Waals surface area contributed by atoms with Crippen molar-refractivity contribution in [2.75, 3.05) is 6.54 Å². The Morgan fingerprint density at radius 1 is 2.00 bits per heavy atom. The van der Waals surface area contributed by atoms with Crippen molar-refractivity contribution >= 4 is 6.72 Å². The van der Waals surface area contributed by atoms with E-state index in [0.29, 0.717) is 0 Å². The van der Waals surface area contributed by atoms with E-state index in [1.165, 1.54) is 0 Å². The van der Waals surface area contributed by atoms with Crippen LogP contribution in [-0.4, -0.2) is 13.3 Å². The standard InChI is InChI=1S/C3H7N2/c1-3-5-4-2/h2,5H,3H2,1H3. The number of hydrazone groups is 1. The van der Waals surface area contributed by atoms with Crippen molar-refractivity contribution < 1.29 is 0 Å². The fourth-order valence-corrected chi connectivity index (χ4v) is 0.0913. The van der Waals surface area contributed by atoms with Crippen molar-refractivity contribution in [3.63, 3.8) is 0 Å². The van der Waals surface area contributed by atoms with Crippen LogP contribution in [0, 0.1) is 0 Å². The van der Waals surface area contributed by atoms with Crippen LogP contribution in [0.15, 0.2) is 5.10 Å². The molecule has 0 unspecified atom stereocenters. The fourth-order valence-electron chi connectivity index (χ4n) is 0.0913. The molecular formula is C3H7N2. The molecule has 0 saturated heterocycles. The average Bonchev–Trinajstić information content (AvgIpc) is 1.41. The first-order valence-electron chi connectivity index (χ1n) is 1.54. The van der Waals surface area contributed by atoms with Gasteiger partial charge in [-0.2, -0.15) is 5.10 Å². The molecule has 0 saturated carbocycles. The van der Waals surface area contributed by atoms with Crippen LogP contribution in [0.4, 0.5) is 0 Å². The SMILES string of the molecule is [CH]=NNCC. The lowest BCUT2D eigenvalue weighted by molar-refractivity contribution is 0.791. The van der Waals surface area contributed by atoms with Crippen LogP contribution >= 0.6 is 0 Å². The number of nitrogens with one attached hydrogen (secondary N) is 1. The molecule has 2 nitrogen and oxygen atoms in total. The second-order valence-electron chi connectivity index (χ2n) is 0.641. The molecular weight excluding hydrogens is 64.0 g/mol. The van der Waals surface area contributed by atoms with Crippen LogP contribution in [0.2, 0.25) is 0 Å². The molecule has 0 aliphatic carbocycles. The highest BCUT2D eigenvalue weighted by molar-refractivity contribution is 5.22. The average molecular weight is 71.1 g/mol. The van der Waals surface area contributed by atoms with Gasteiger partial charge in [0.15, 0.2) is 0 Å². The maximum atomic E-state index is 4.65. The number of nitrogens with zero attached hydrogens (tertiary/aromatic N) is 1. The molecule has 0 fully saturated rings. The summed E-state index contributed by atoms with van der Waals surface area (Å²) < 4.78 is 0. The van der Waals surface area contributed by atoms with Crippen molar-refractivity contribution in [3.8, 4) is 0 Å². The maximum Gasteiger partial charge on any atom is 0.0668 e. The summed E-state index contributed by atoms with van der Waals surface area (Å²) in [5.41, 5.74) is 2.51. The molecule has 29 valence electrons.